The molecule has 25 heavy (non-hydrogen) atoms. The van der Waals surface area contributed by atoms with Crippen LogP contribution < -0.4 is 9.06 Å². The first-order valence-corrected chi connectivity index (χ1v) is 8.85. The molecule has 3 aromatic rings. The number of aromatic nitrogens is 2. The maximum Gasteiger partial charge on any atom is 0.0809 e. The summed E-state index contributed by atoms with van der Waals surface area (Å²) in [6.45, 7) is 3.75. The second-order valence-electron chi connectivity index (χ2n) is 5.81. The van der Waals surface area contributed by atoms with Crippen molar-refractivity contribution in [3.05, 3.63) is 56.9 Å². The summed E-state index contributed by atoms with van der Waals surface area (Å²) < 4.78 is 2.39. The maximum atomic E-state index is 4.67. The van der Waals surface area contributed by atoms with Gasteiger partial charge in [-0.1, -0.05) is 11.8 Å². The third-order valence-electron chi connectivity index (χ3n) is 4.49. The topological polar surface area (TPSA) is 25.8 Å². The molecule has 116 valence electrons. The highest BCUT2D eigenvalue weighted by molar-refractivity contribution is 7.09. The number of hydrogen-bond donors (Lipinski definition) is 0. The molecule has 3 heterocycles. The Morgan fingerprint density at radius 2 is 1.24 bits per heavy atom. The zero-order valence-electron chi connectivity index (χ0n) is 13.8. The third kappa shape index (κ3) is 1.76. The highest BCUT2D eigenvalue weighted by Gasteiger charge is 2.32. The Morgan fingerprint density at radius 1 is 0.760 bits per heavy atom. The molecule has 0 bridgehead atoms. The minimum absolute atomic E-state index is 1.01. The Balaban J connectivity index is 2.02. The van der Waals surface area contributed by atoms with Crippen LogP contribution in [0.15, 0.2) is 36.7 Å². The summed E-state index contributed by atoms with van der Waals surface area (Å²) in [4.78, 5) is 9.34. The Kier molecular flexibility index (Phi) is 2.95. The van der Waals surface area contributed by atoms with Gasteiger partial charge in [-0.2, -0.15) is 0 Å². The average molecular weight is 336 g/mol. The van der Waals surface area contributed by atoms with Gasteiger partial charge in [0.25, 0.3) is 0 Å². The van der Waals surface area contributed by atoms with E-state index in [0.29, 0.717) is 0 Å². The van der Waals surface area contributed by atoms with E-state index >= 15 is 0 Å². The molecule has 0 saturated heterocycles. The zero-order chi connectivity index (χ0) is 17.0. The molecule has 0 amide bonds. The van der Waals surface area contributed by atoms with Crippen molar-refractivity contribution in [3.8, 4) is 46.2 Å². The maximum absolute atomic E-state index is 4.67. The van der Waals surface area contributed by atoms with Crippen molar-refractivity contribution in [1.29, 1.82) is 0 Å². The molecular weight excluding hydrogens is 324 g/mol. The highest BCUT2D eigenvalue weighted by Crippen LogP contribution is 2.40. The van der Waals surface area contributed by atoms with E-state index in [2.05, 4.69) is 45.8 Å². The first kappa shape index (κ1) is 14.2. The van der Waals surface area contributed by atoms with E-state index in [1.54, 1.807) is 11.3 Å². The Bertz CT molecular complexity index is 1220. The first-order valence-electron chi connectivity index (χ1n) is 8.03. The van der Waals surface area contributed by atoms with Crippen LogP contribution in [0.5, 0.6) is 0 Å². The number of fused-ring (bicyclic) bond motifs is 7. The molecule has 2 nitrogen and oxygen atoms in total. The van der Waals surface area contributed by atoms with E-state index in [0.717, 1.165) is 33.7 Å². The molecule has 2 aliphatic carbocycles. The van der Waals surface area contributed by atoms with E-state index < -0.39 is 0 Å². The van der Waals surface area contributed by atoms with Crippen molar-refractivity contribution in [1.82, 2.24) is 9.97 Å². The van der Waals surface area contributed by atoms with Gasteiger partial charge in [0.05, 0.1) is 31.6 Å². The van der Waals surface area contributed by atoms with Gasteiger partial charge in [0.15, 0.2) is 0 Å². The van der Waals surface area contributed by atoms with Crippen LogP contribution in [0, 0.1) is 23.7 Å². The van der Waals surface area contributed by atoms with Gasteiger partial charge in [-0.05, 0) is 38.1 Å². The summed E-state index contributed by atoms with van der Waals surface area (Å²) in [6.07, 6.45) is 3.69. The summed E-state index contributed by atoms with van der Waals surface area (Å²) in [6, 6.07) is 8.15. The molecule has 0 aromatic carbocycles. The molecule has 3 aromatic heterocycles. The summed E-state index contributed by atoms with van der Waals surface area (Å²) in [5.41, 5.74) is 8.73. The van der Waals surface area contributed by atoms with Gasteiger partial charge >= 0.3 is 0 Å². The predicted octanol–water partition coefficient (Wildman–Crippen LogP) is 2.94. The molecule has 0 spiro atoms. The molecule has 0 radical (unpaired) electrons. The lowest BCUT2D eigenvalue weighted by molar-refractivity contribution is 1.31. The van der Waals surface area contributed by atoms with E-state index in [1.807, 2.05) is 38.4 Å². The Morgan fingerprint density at radius 3 is 1.68 bits per heavy atom. The quantitative estimate of drug-likeness (QED) is 0.590. The van der Waals surface area contributed by atoms with Crippen LogP contribution in [-0.4, -0.2) is 9.97 Å². The molecule has 0 atom stereocenters. The Labute approximate surface area is 149 Å². The fourth-order valence-electron chi connectivity index (χ4n) is 3.59. The van der Waals surface area contributed by atoms with E-state index in [1.165, 1.54) is 20.2 Å². The van der Waals surface area contributed by atoms with Crippen molar-refractivity contribution in [2.45, 2.75) is 13.8 Å². The van der Waals surface area contributed by atoms with Crippen LogP contribution in [0.1, 0.15) is 25.0 Å². The number of rotatable bonds is 0. The second-order valence-corrected chi connectivity index (χ2v) is 6.83. The number of pyridine rings is 2. The lowest BCUT2D eigenvalue weighted by Crippen LogP contribution is -1.99. The predicted molar refractivity (Wildman–Crippen MR) is 102 cm³/mol. The van der Waals surface area contributed by atoms with Crippen LogP contribution in [0.4, 0.5) is 0 Å². The van der Waals surface area contributed by atoms with Gasteiger partial charge in [-0.25, -0.2) is 0 Å². The molecule has 0 saturated carbocycles. The molecule has 5 rings (SSSR count). The summed E-state index contributed by atoms with van der Waals surface area (Å²) in [5, 5.41) is 0. The van der Waals surface area contributed by atoms with Crippen LogP contribution in [0.3, 0.4) is 0 Å². The van der Waals surface area contributed by atoms with Gasteiger partial charge in [0.2, 0.25) is 0 Å². The summed E-state index contributed by atoms with van der Waals surface area (Å²) >= 11 is 1.76. The SMILES string of the molecule is CC#CC1=c2sc3c(c2-c2ncccc21)-c1ncccc1C=3C#CC. The molecule has 0 fully saturated rings. The Hall–Kier alpha value is -3.14. The molecular formula is C22H12N2S. The monoisotopic (exact) mass is 336 g/mol. The van der Waals surface area contributed by atoms with E-state index in [9.17, 15) is 0 Å². The molecule has 2 aliphatic rings. The summed E-state index contributed by atoms with van der Waals surface area (Å²) in [5.74, 6) is 12.7. The van der Waals surface area contributed by atoms with Crippen molar-refractivity contribution in [3.63, 3.8) is 0 Å². The standard InChI is InChI=1S/C22H12N2S/c1-3-7-15-13-9-5-11-23-19(13)17-18-20-14(10-6-12-24-20)16(8-4-2)22(18)25-21(15)17/h5-6,9-12H,1-2H3. The minimum atomic E-state index is 1.01. The number of hydrogen-bond acceptors (Lipinski definition) is 3. The molecule has 3 heteroatoms. The number of thiophene rings is 1. The lowest BCUT2D eigenvalue weighted by atomic mass is 10.0. The zero-order valence-corrected chi connectivity index (χ0v) is 14.6. The van der Waals surface area contributed by atoms with Crippen molar-refractivity contribution in [2.24, 2.45) is 0 Å². The molecule has 0 N–H and O–H groups in total. The largest absolute Gasteiger partial charge is 0.256 e. The van der Waals surface area contributed by atoms with Crippen molar-refractivity contribution >= 4 is 22.5 Å². The highest BCUT2D eigenvalue weighted by atomic mass is 32.1. The first-order chi connectivity index (χ1) is 12.3. The molecule has 0 aliphatic heterocycles. The molecule has 0 unspecified atom stereocenters. The van der Waals surface area contributed by atoms with Gasteiger partial charge in [0, 0.05) is 34.6 Å². The van der Waals surface area contributed by atoms with E-state index in [-0.39, 0.29) is 0 Å². The van der Waals surface area contributed by atoms with Crippen molar-refractivity contribution < 1.29 is 0 Å². The van der Waals surface area contributed by atoms with Gasteiger partial charge in [-0.15, -0.1) is 23.2 Å². The third-order valence-corrected chi connectivity index (χ3v) is 5.71. The second kappa shape index (κ2) is 5.18. The van der Waals surface area contributed by atoms with E-state index in [4.69, 9.17) is 0 Å². The average Bonchev–Trinajstić information content (AvgIpc) is 3.25. The lowest BCUT2D eigenvalue weighted by Gasteiger charge is -2.03. The number of nitrogens with zero attached hydrogens (tertiary/aromatic N) is 2. The minimum Gasteiger partial charge on any atom is -0.256 e. The van der Waals surface area contributed by atoms with Gasteiger partial charge < -0.3 is 0 Å². The summed E-state index contributed by atoms with van der Waals surface area (Å²) in [7, 11) is 0. The van der Waals surface area contributed by atoms with Crippen LogP contribution in [0.2, 0.25) is 0 Å². The fourth-order valence-corrected chi connectivity index (χ4v) is 4.92. The van der Waals surface area contributed by atoms with Crippen LogP contribution >= 0.6 is 11.3 Å². The van der Waals surface area contributed by atoms with Gasteiger partial charge in [0.1, 0.15) is 0 Å². The smallest absolute Gasteiger partial charge is 0.0809 e. The van der Waals surface area contributed by atoms with Crippen molar-refractivity contribution in [2.75, 3.05) is 0 Å². The van der Waals surface area contributed by atoms with Crippen LogP contribution in [0.25, 0.3) is 33.7 Å². The fraction of sp³-hybridized carbons (Fsp3) is 0.0909. The van der Waals surface area contributed by atoms with Crippen LogP contribution in [-0.2, 0) is 0 Å². The van der Waals surface area contributed by atoms with Gasteiger partial charge in [-0.3, -0.25) is 9.97 Å². The normalized spacial score (nSPS) is 12.4.